The molecule has 0 unspecified atom stereocenters. The van der Waals surface area contributed by atoms with Crippen LogP contribution >= 0.6 is 58.8 Å². The van der Waals surface area contributed by atoms with Crippen LogP contribution in [0.15, 0.2) is 238 Å². The Hall–Kier alpha value is -4.49. The van der Waals surface area contributed by atoms with Crippen molar-refractivity contribution >= 4 is 58.8 Å². The minimum Gasteiger partial charge on any atom is -0.130 e. The zero-order valence-electron chi connectivity index (χ0n) is 31.9. The van der Waals surface area contributed by atoms with Gasteiger partial charge in [-0.15, -0.1) is 11.8 Å². The summed E-state index contributed by atoms with van der Waals surface area (Å²) in [7, 11) is 0. The van der Waals surface area contributed by atoms with E-state index < -0.39 is 0 Å². The van der Waals surface area contributed by atoms with E-state index in [2.05, 4.69) is 207 Å². The molecule has 0 saturated heterocycles. The predicted octanol–water partition coefficient (Wildman–Crippen LogP) is 16.2. The molecule has 0 N–H and O–H groups in total. The Bertz CT molecular complexity index is 2470. The molecule has 57 heavy (non-hydrogen) atoms. The molecule has 0 radical (unpaired) electrons. The molecule has 0 aliphatic carbocycles. The summed E-state index contributed by atoms with van der Waals surface area (Å²) in [5, 5.41) is 0. The Morgan fingerprint density at radius 2 is 0.474 bits per heavy atom. The summed E-state index contributed by atoms with van der Waals surface area (Å²) in [6, 6.07) is 71.3. The largest absolute Gasteiger partial charge is 0.130 e. The molecule has 0 saturated carbocycles. The minimum absolute atomic E-state index is 0.923. The van der Waals surface area contributed by atoms with Crippen molar-refractivity contribution < 1.29 is 0 Å². The molecule has 0 bridgehead atoms. The van der Waals surface area contributed by atoms with Crippen LogP contribution in [0, 0.1) is 6.92 Å². The standard InChI is InChI=1S/C52H42S5/c1-37-3-5-38(6-4-37)35-39-7-17-45(18-8-39)54-48-23-13-42(14-24-48)43-15-25-49(26-16-43)55-46-19-9-40(10-20-46)36-41-11-21-47(22-12-41)56-51-31-33-52(34-32-51)57-50-29-27-44(53-2)28-30-50/h3-34H,35-36H2,1-2H3. The highest BCUT2D eigenvalue weighted by Crippen LogP contribution is 2.35. The van der Waals surface area contributed by atoms with E-state index in [4.69, 9.17) is 0 Å². The Balaban J connectivity index is 0.791. The molecule has 8 rings (SSSR count). The molecule has 8 aromatic carbocycles. The van der Waals surface area contributed by atoms with Gasteiger partial charge in [-0.1, -0.05) is 138 Å². The lowest BCUT2D eigenvalue weighted by atomic mass is 10.0. The highest BCUT2D eigenvalue weighted by Gasteiger charge is 2.06. The molecular weight excluding hydrogens is 785 g/mol. The van der Waals surface area contributed by atoms with Crippen LogP contribution < -0.4 is 0 Å². The van der Waals surface area contributed by atoms with Crippen LogP contribution in [0.1, 0.15) is 27.8 Å². The zero-order chi connectivity index (χ0) is 38.8. The number of rotatable bonds is 14. The molecule has 8 aromatic rings. The Morgan fingerprint density at radius 3 is 0.737 bits per heavy atom. The molecule has 280 valence electrons. The first-order valence-electron chi connectivity index (χ1n) is 19.0. The van der Waals surface area contributed by atoms with Gasteiger partial charge in [0.05, 0.1) is 0 Å². The molecule has 0 aromatic heterocycles. The zero-order valence-corrected chi connectivity index (χ0v) is 36.0. The molecule has 0 fully saturated rings. The van der Waals surface area contributed by atoms with E-state index in [9.17, 15) is 0 Å². The van der Waals surface area contributed by atoms with Gasteiger partial charge < -0.3 is 0 Å². The van der Waals surface area contributed by atoms with Crippen LogP contribution in [0.5, 0.6) is 0 Å². The summed E-state index contributed by atoms with van der Waals surface area (Å²) in [5.74, 6) is 0. The van der Waals surface area contributed by atoms with Gasteiger partial charge in [0, 0.05) is 44.1 Å². The number of benzene rings is 8. The highest BCUT2D eigenvalue weighted by molar-refractivity contribution is 8.00. The van der Waals surface area contributed by atoms with Gasteiger partial charge in [0.25, 0.3) is 0 Å². The van der Waals surface area contributed by atoms with E-state index in [0.29, 0.717) is 0 Å². The van der Waals surface area contributed by atoms with Crippen molar-refractivity contribution in [2.24, 2.45) is 0 Å². The van der Waals surface area contributed by atoms with E-state index in [0.717, 1.165) is 12.8 Å². The maximum absolute atomic E-state index is 2.26. The lowest BCUT2D eigenvalue weighted by Gasteiger charge is -2.08. The van der Waals surface area contributed by atoms with Crippen LogP contribution in [-0.4, -0.2) is 6.26 Å². The van der Waals surface area contributed by atoms with Crippen LogP contribution in [0.4, 0.5) is 0 Å². The maximum atomic E-state index is 2.26. The quantitative estimate of drug-likeness (QED) is 0.0999. The normalized spacial score (nSPS) is 11.1. The average molecular weight is 827 g/mol. The van der Waals surface area contributed by atoms with Gasteiger partial charge in [-0.3, -0.25) is 0 Å². The molecule has 0 nitrogen and oxygen atoms in total. The van der Waals surface area contributed by atoms with Crippen LogP contribution in [0.2, 0.25) is 0 Å². The third-order valence-electron chi connectivity index (χ3n) is 9.58. The molecule has 0 aliphatic rings. The van der Waals surface area contributed by atoms with Gasteiger partial charge in [-0.25, -0.2) is 0 Å². The fourth-order valence-electron chi connectivity index (χ4n) is 6.40. The average Bonchev–Trinajstić information content (AvgIpc) is 3.25. The first kappa shape index (κ1) is 39.3. The lowest BCUT2D eigenvalue weighted by molar-refractivity contribution is 1.17. The van der Waals surface area contributed by atoms with Gasteiger partial charge in [0.2, 0.25) is 0 Å². The summed E-state index contributed by atoms with van der Waals surface area (Å²) >= 11 is 9.01. The third kappa shape index (κ3) is 11.3. The summed E-state index contributed by atoms with van der Waals surface area (Å²) in [6.45, 7) is 2.13. The molecule has 0 spiro atoms. The van der Waals surface area contributed by atoms with Crippen molar-refractivity contribution in [2.45, 2.75) is 63.8 Å². The van der Waals surface area contributed by atoms with E-state index in [1.54, 1.807) is 23.5 Å². The lowest BCUT2D eigenvalue weighted by Crippen LogP contribution is -1.88. The van der Waals surface area contributed by atoms with Crippen molar-refractivity contribution in [3.05, 3.63) is 222 Å². The SMILES string of the molecule is CSc1ccc(Sc2ccc(Sc3ccc(Cc4ccc(Sc5ccc(-c6ccc(Sc7ccc(Cc8ccc(C)cc8)cc7)cc6)cc5)cc4)cc3)cc2)cc1. The number of thioether (sulfide) groups is 1. The Morgan fingerprint density at radius 1 is 0.263 bits per heavy atom. The molecule has 0 aliphatic heterocycles. The number of hydrogen-bond donors (Lipinski definition) is 0. The molecule has 0 amide bonds. The van der Waals surface area contributed by atoms with E-state index in [1.807, 2.05) is 35.3 Å². The van der Waals surface area contributed by atoms with Crippen molar-refractivity contribution in [1.29, 1.82) is 0 Å². The van der Waals surface area contributed by atoms with Gasteiger partial charge in [-0.05, 0) is 169 Å². The van der Waals surface area contributed by atoms with E-state index >= 15 is 0 Å². The fraction of sp³-hybridized carbons (Fsp3) is 0.0769. The van der Waals surface area contributed by atoms with E-state index in [-0.39, 0.29) is 0 Å². The predicted molar refractivity (Wildman–Crippen MR) is 249 cm³/mol. The van der Waals surface area contributed by atoms with Crippen LogP contribution in [0.25, 0.3) is 11.1 Å². The van der Waals surface area contributed by atoms with Crippen molar-refractivity contribution in [2.75, 3.05) is 6.26 Å². The van der Waals surface area contributed by atoms with Crippen LogP contribution in [-0.2, 0) is 12.8 Å². The summed E-state index contributed by atoms with van der Waals surface area (Å²) in [5.41, 5.74) is 9.10. The molecular formula is C52H42S5. The van der Waals surface area contributed by atoms with Gasteiger partial charge >= 0.3 is 0 Å². The van der Waals surface area contributed by atoms with Crippen molar-refractivity contribution in [3.63, 3.8) is 0 Å². The first-order chi connectivity index (χ1) is 28.0. The maximum Gasteiger partial charge on any atom is 0.0123 e. The molecule has 0 heterocycles. The summed E-state index contributed by atoms with van der Waals surface area (Å²) < 4.78 is 0. The van der Waals surface area contributed by atoms with Crippen molar-refractivity contribution in [3.8, 4) is 11.1 Å². The van der Waals surface area contributed by atoms with Gasteiger partial charge in [0.1, 0.15) is 0 Å². The smallest absolute Gasteiger partial charge is 0.0123 e. The fourth-order valence-corrected chi connectivity index (χ4v) is 10.1. The first-order valence-corrected chi connectivity index (χ1v) is 23.5. The Labute approximate surface area is 359 Å². The van der Waals surface area contributed by atoms with E-state index in [1.165, 1.54) is 83.0 Å². The van der Waals surface area contributed by atoms with Crippen LogP contribution in [0.3, 0.4) is 0 Å². The number of aryl methyl sites for hydroxylation is 1. The van der Waals surface area contributed by atoms with Gasteiger partial charge in [-0.2, -0.15) is 0 Å². The monoisotopic (exact) mass is 826 g/mol. The number of hydrogen-bond acceptors (Lipinski definition) is 5. The second-order valence-corrected chi connectivity index (χ2v) is 19.3. The highest BCUT2D eigenvalue weighted by atomic mass is 32.2. The molecule has 5 heteroatoms. The second kappa shape index (κ2) is 19.3. The minimum atomic E-state index is 0.923. The summed E-state index contributed by atoms with van der Waals surface area (Å²) in [4.78, 5) is 11.3. The van der Waals surface area contributed by atoms with Crippen molar-refractivity contribution in [1.82, 2.24) is 0 Å². The topological polar surface area (TPSA) is 0 Å². The third-order valence-corrected chi connectivity index (χ3v) is 14.4. The van der Waals surface area contributed by atoms with Gasteiger partial charge in [0.15, 0.2) is 0 Å². The second-order valence-electron chi connectivity index (χ2n) is 13.9. The Kier molecular flexibility index (Phi) is 13.3. The molecule has 0 atom stereocenters. The summed E-state index contributed by atoms with van der Waals surface area (Å²) in [6.07, 6.45) is 4.00.